The summed E-state index contributed by atoms with van der Waals surface area (Å²) < 4.78 is 0. The second kappa shape index (κ2) is 4.61. The highest BCUT2D eigenvalue weighted by Gasteiger charge is 1.98. The van der Waals surface area contributed by atoms with E-state index in [4.69, 9.17) is 0 Å². The second-order valence-electron chi connectivity index (χ2n) is 3.51. The fourth-order valence-electron chi connectivity index (χ4n) is 1.42. The Balaban J connectivity index is 2.20. The number of nitrogens with zero attached hydrogens (tertiary/aromatic N) is 2. The predicted molar refractivity (Wildman–Crippen MR) is 66.0 cm³/mol. The first-order chi connectivity index (χ1) is 7.78. The van der Waals surface area contributed by atoms with Crippen molar-refractivity contribution in [3.63, 3.8) is 0 Å². The van der Waals surface area contributed by atoms with Crippen LogP contribution < -0.4 is 10.6 Å². The Labute approximate surface area is 94.8 Å². The lowest BCUT2D eigenvalue weighted by atomic mass is 10.2. The van der Waals surface area contributed by atoms with E-state index in [-0.39, 0.29) is 0 Å². The van der Waals surface area contributed by atoms with Crippen molar-refractivity contribution in [2.45, 2.75) is 6.92 Å². The van der Waals surface area contributed by atoms with Gasteiger partial charge in [0.25, 0.3) is 0 Å². The molecule has 0 unspecified atom stereocenters. The Kier molecular flexibility index (Phi) is 3.00. The highest BCUT2D eigenvalue weighted by atomic mass is 15.1. The Morgan fingerprint density at radius 3 is 2.81 bits per heavy atom. The first kappa shape index (κ1) is 10.4. The Hall–Kier alpha value is -2.10. The number of nitrogens with one attached hydrogen (secondary N) is 2. The maximum atomic E-state index is 4.28. The molecule has 0 radical (unpaired) electrons. The summed E-state index contributed by atoms with van der Waals surface area (Å²) in [7, 11) is 1.80. The van der Waals surface area contributed by atoms with Crippen LogP contribution in [0.2, 0.25) is 0 Å². The predicted octanol–water partition coefficient (Wildman–Crippen LogP) is 2.57. The average Bonchev–Trinajstić information content (AvgIpc) is 2.29. The summed E-state index contributed by atoms with van der Waals surface area (Å²) in [5.41, 5.74) is 2.24. The Morgan fingerprint density at radius 2 is 2.06 bits per heavy atom. The molecule has 2 aromatic rings. The third-order valence-corrected chi connectivity index (χ3v) is 2.17. The van der Waals surface area contributed by atoms with Crippen LogP contribution in [0.5, 0.6) is 0 Å². The number of aromatic nitrogens is 2. The summed E-state index contributed by atoms with van der Waals surface area (Å²) >= 11 is 0. The van der Waals surface area contributed by atoms with Crippen LogP contribution >= 0.6 is 0 Å². The molecule has 1 aromatic carbocycles. The molecule has 16 heavy (non-hydrogen) atoms. The molecule has 1 aromatic heterocycles. The standard InChI is InChI=1S/C12H14N4/c1-9-4-3-5-10(8-9)15-11-6-7-14-12(13-2)16-11/h3-8H,1-2H3,(H2,13,14,15,16). The summed E-state index contributed by atoms with van der Waals surface area (Å²) in [4.78, 5) is 8.34. The molecule has 82 valence electrons. The van der Waals surface area contributed by atoms with Gasteiger partial charge in [0.1, 0.15) is 5.82 Å². The van der Waals surface area contributed by atoms with Gasteiger partial charge >= 0.3 is 0 Å². The van der Waals surface area contributed by atoms with Crippen LogP contribution in [0.15, 0.2) is 36.5 Å². The number of benzene rings is 1. The molecule has 1 heterocycles. The molecule has 0 spiro atoms. The number of anilines is 3. The van der Waals surface area contributed by atoms with E-state index in [1.807, 2.05) is 18.2 Å². The molecular formula is C12H14N4. The second-order valence-corrected chi connectivity index (χ2v) is 3.51. The van der Waals surface area contributed by atoms with E-state index in [0.717, 1.165) is 11.5 Å². The van der Waals surface area contributed by atoms with Gasteiger partial charge in [0.05, 0.1) is 0 Å². The number of aryl methyl sites for hydroxylation is 1. The highest BCUT2D eigenvalue weighted by Crippen LogP contribution is 2.15. The monoisotopic (exact) mass is 214 g/mol. The van der Waals surface area contributed by atoms with Gasteiger partial charge < -0.3 is 10.6 Å². The van der Waals surface area contributed by atoms with Crippen LogP contribution in [0.25, 0.3) is 0 Å². The molecule has 0 atom stereocenters. The van der Waals surface area contributed by atoms with E-state index in [1.54, 1.807) is 13.2 Å². The lowest BCUT2D eigenvalue weighted by molar-refractivity contribution is 1.15. The molecule has 4 nitrogen and oxygen atoms in total. The van der Waals surface area contributed by atoms with Crippen LogP contribution in [-0.2, 0) is 0 Å². The lowest BCUT2D eigenvalue weighted by Crippen LogP contribution is -1.99. The number of hydrogen-bond donors (Lipinski definition) is 2. The molecule has 0 saturated carbocycles. The quantitative estimate of drug-likeness (QED) is 0.824. The highest BCUT2D eigenvalue weighted by molar-refractivity contribution is 5.57. The normalized spacial score (nSPS) is 9.88. The molecule has 0 aliphatic carbocycles. The van der Waals surface area contributed by atoms with Gasteiger partial charge in [-0.3, -0.25) is 0 Å². The molecule has 0 saturated heterocycles. The van der Waals surface area contributed by atoms with E-state index >= 15 is 0 Å². The van der Waals surface area contributed by atoms with Crippen LogP contribution in [0.3, 0.4) is 0 Å². The molecule has 2 rings (SSSR count). The van der Waals surface area contributed by atoms with Crippen molar-refractivity contribution < 1.29 is 0 Å². The van der Waals surface area contributed by atoms with Crippen molar-refractivity contribution >= 4 is 17.5 Å². The van der Waals surface area contributed by atoms with Gasteiger partial charge in [-0.2, -0.15) is 4.98 Å². The molecule has 0 fully saturated rings. The summed E-state index contributed by atoms with van der Waals surface area (Å²) in [6.07, 6.45) is 1.72. The summed E-state index contributed by atoms with van der Waals surface area (Å²) in [6, 6.07) is 9.99. The zero-order valence-corrected chi connectivity index (χ0v) is 9.36. The van der Waals surface area contributed by atoms with E-state index in [1.165, 1.54) is 5.56 Å². The van der Waals surface area contributed by atoms with Crippen molar-refractivity contribution in [2.75, 3.05) is 17.7 Å². The molecule has 2 N–H and O–H groups in total. The minimum atomic E-state index is 0.609. The van der Waals surface area contributed by atoms with Gasteiger partial charge in [-0.25, -0.2) is 4.98 Å². The average molecular weight is 214 g/mol. The minimum absolute atomic E-state index is 0.609. The zero-order chi connectivity index (χ0) is 11.4. The van der Waals surface area contributed by atoms with Gasteiger partial charge in [0.15, 0.2) is 0 Å². The van der Waals surface area contributed by atoms with Crippen molar-refractivity contribution in [1.82, 2.24) is 9.97 Å². The summed E-state index contributed by atoms with van der Waals surface area (Å²) in [6.45, 7) is 2.06. The molecule has 0 aliphatic rings. The van der Waals surface area contributed by atoms with Gasteiger partial charge in [-0.05, 0) is 30.7 Å². The van der Waals surface area contributed by atoms with Crippen LogP contribution in [0, 0.1) is 6.92 Å². The minimum Gasteiger partial charge on any atom is -0.357 e. The van der Waals surface area contributed by atoms with Gasteiger partial charge in [-0.15, -0.1) is 0 Å². The maximum Gasteiger partial charge on any atom is 0.224 e. The number of rotatable bonds is 3. The first-order valence-electron chi connectivity index (χ1n) is 5.12. The zero-order valence-electron chi connectivity index (χ0n) is 9.36. The third kappa shape index (κ3) is 2.48. The van der Waals surface area contributed by atoms with Gasteiger partial charge in [0.2, 0.25) is 5.95 Å². The van der Waals surface area contributed by atoms with Crippen LogP contribution in [0.1, 0.15) is 5.56 Å². The fourth-order valence-corrected chi connectivity index (χ4v) is 1.42. The van der Waals surface area contributed by atoms with Gasteiger partial charge in [0, 0.05) is 18.9 Å². The largest absolute Gasteiger partial charge is 0.357 e. The first-order valence-corrected chi connectivity index (χ1v) is 5.12. The Bertz CT molecular complexity index is 482. The van der Waals surface area contributed by atoms with Gasteiger partial charge in [-0.1, -0.05) is 12.1 Å². The van der Waals surface area contributed by atoms with Crippen LogP contribution in [-0.4, -0.2) is 17.0 Å². The molecule has 4 heteroatoms. The van der Waals surface area contributed by atoms with Crippen molar-refractivity contribution in [3.8, 4) is 0 Å². The summed E-state index contributed by atoms with van der Waals surface area (Å²) in [5.74, 6) is 1.39. The molecule has 0 amide bonds. The Morgan fingerprint density at radius 1 is 1.19 bits per heavy atom. The van der Waals surface area contributed by atoms with Crippen molar-refractivity contribution in [2.24, 2.45) is 0 Å². The van der Waals surface area contributed by atoms with E-state index in [9.17, 15) is 0 Å². The molecule has 0 aliphatic heterocycles. The van der Waals surface area contributed by atoms with E-state index in [2.05, 4.69) is 39.7 Å². The lowest BCUT2D eigenvalue weighted by Gasteiger charge is -2.07. The van der Waals surface area contributed by atoms with Crippen molar-refractivity contribution in [1.29, 1.82) is 0 Å². The topological polar surface area (TPSA) is 49.8 Å². The smallest absolute Gasteiger partial charge is 0.224 e. The number of hydrogen-bond acceptors (Lipinski definition) is 4. The molecule has 0 bridgehead atoms. The van der Waals surface area contributed by atoms with Crippen LogP contribution in [0.4, 0.5) is 17.5 Å². The molecular weight excluding hydrogens is 200 g/mol. The third-order valence-electron chi connectivity index (χ3n) is 2.17. The summed E-state index contributed by atoms with van der Waals surface area (Å²) in [5, 5.41) is 6.13. The van der Waals surface area contributed by atoms with E-state index in [0.29, 0.717) is 5.95 Å². The van der Waals surface area contributed by atoms with Crippen molar-refractivity contribution in [3.05, 3.63) is 42.1 Å². The SMILES string of the molecule is CNc1nccc(Nc2cccc(C)c2)n1. The maximum absolute atomic E-state index is 4.28. The van der Waals surface area contributed by atoms with E-state index < -0.39 is 0 Å². The fraction of sp³-hybridized carbons (Fsp3) is 0.167.